The maximum atomic E-state index is 11.1. The lowest BCUT2D eigenvalue weighted by Crippen LogP contribution is -2.39. The van der Waals surface area contributed by atoms with Gasteiger partial charge < -0.3 is 15.7 Å². The Labute approximate surface area is 111 Å². The standard InChI is InChI=1S/C13H15N3O3/c1-8(2)16(7-12(15)17)11-4-3-9(13(18)19)5-10(11)6-14/h3-5,8H,7H2,1-2H3,(H2,15,17)(H,18,19). The summed E-state index contributed by atoms with van der Waals surface area (Å²) in [6.45, 7) is 3.68. The summed E-state index contributed by atoms with van der Waals surface area (Å²) in [7, 11) is 0. The van der Waals surface area contributed by atoms with E-state index in [1.54, 1.807) is 4.90 Å². The first-order chi connectivity index (χ1) is 8.86. The van der Waals surface area contributed by atoms with Gasteiger partial charge in [-0.2, -0.15) is 5.26 Å². The van der Waals surface area contributed by atoms with Gasteiger partial charge in [0, 0.05) is 6.04 Å². The number of carbonyl (C=O) groups excluding carboxylic acids is 1. The minimum atomic E-state index is -1.10. The van der Waals surface area contributed by atoms with E-state index in [2.05, 4.69) is 0 Å². The number of benzene rings is 1. The van der Waals surface area contributed by atoms with Crippen molar-refractivity contribution in [1.29, 1.82) is 5.26 Å². The highest BCUT2D eigenvalue weighted by molar-refractivity contribution is 5.89. The van der Waals surface area contributed by atoms with Crippen molar-refractivity contribution < 1.29 is 14.7 Å². The molecule has 100 valence electrons. The number of hydrogen-bond acceptors (Lipinski definition) is 4. The van der Waals surface area contributed by atoms with Gasteiger partial charge in [-0.1, -0.05) is 0 Å². The molecule has 0 unspecified atom stereocenters. The topological polar surface area (TPSA) is 107 Å². The molecule has 0 saturated carbocycles. The van der Waals surface area contributed by atoms with Crippen molar-refractivity contribution in [2.75, 3.05) is 11.4 Å². The lowest BCUT2D eigenvalue weighted by molar-refractivity contribution is -0.116. The molecule has 1 aromatic carbocycles. The summed E-state index contributed by atoms with van der Waals surface area (Å²) < 4.78 is 0. The van der Waals surface area contributed by atoms with Crippen LogP contribution < -0.4 is 10.6 Å². The number of hydrogen-bond donors (Lipinski definition) is 2. The van der Waals surface area contributed by atoms with E-state index in [0.29, 0.717) is 5.69 Å². The highest BCUT2D eigenvalue weighted by Crippen LogP contribution is 2.23. The Hall–Kier alpha value is -2.55. The number of primary amides is 1. The fourth-order valence-corrected chi connectivity index (χ4v) is 1.72. The Morgan fingerprint density at radius 3 is 2.53 bits per heavy atom. The van der Waals surface area contributed by atoms with Gasteiger partial charge in [-0.05, 0) is 32.0 Å². The molecular weight excluding hydrogens is 246 g/mol. The van der Waals surface area contributed by atoms with Crippen LogP contribution in [0.1, 0.15) is 29.8 Å². The van der Waals surface area contributed by atoms with E-state index in [1.165, 1.54) is 18.2 Å². The fraction of sp³-hybridized carbons (Fsp3) is 0.308. The molecule has 0 heterocycles. The molecule has 0 atom stereocenters. The Kier molecular flexibility index (Phi) is 4.48. The minimum absolute atomic E-state index is 0.0290. The number of rotatable bonds is 5. The van der Waals surface area contributed by atoms with Gasteiger partial charge in [-0.3, -0.25) is 4.79 Å². The van der Waals surface area contributed by atoms with Gasteiger partial charge in [0.05, 0.1) is 23.4 Å². The van der Waals surface area contributed by atoms with E-state index in [0.717, 1.165) is 0 Å². The van der Waals surface area contributed by atoms with Crippen LogP contribution in [0, 0.1) is 11.3 Å². The largest absolute Gasteiger partial charge is 0.478 e. The molecule has 0 aliphatic carbocycles. The second-order valence-electron chi connectivity index (χ2n) is 4.34. The van der Waals surface area contributed by atoms with E-state index in [9.17, 15) is 9.59 Å². The molecule has 6 nitrogen and oxygen atoms in total. The summed E-state index contributed by atoms with van der Waals surface area (Å²) in [5.74, 6) is -1.62. The molecule has 0 saturated heterocycles. The first-order valence-electron chi connectivity index (χ1n) is 5.69. The molecule has 1 rings (SSSR count). The summed E-state index contributed by atoms with van der Waals surface area (Å²) in [5.41, 5.74) is 5.92. The number of nitrogens with two attached hydrogens (primary N) is 1. The molecule has 1 amide bonds. The van der Waals surface area contributed by atoms with Crippen LogP contribution in [-0.2, 0) is 4.79 Å². The van der Waals surface area contributed by atoms with E-state index in [4.69, 9.17) is 16.1 Å². The van der Waals surface area contributed by atoms with Crippen molar-refractivity contribution in [3.8, 4) is 6.07 Å². The molecule has 0 fully saturated rings. The summed E-state index contributed by atoms with van der Waals surface area (Å²) in [5, 5.41) is 18.0. The average Bonchev–Trinajstić information content (AvgIpc) is 2.34. The molecular formula is C13H15N3O3. The molecule has 0 aliphatic rings. The third-order valence-corrected chi connectivity index (χ3v) is 2.62. The molecule has 19 heavy (non-hydrogen) atoms. The Morgan fingerprint density at radius 1 is 1.47 bits per heavy atom. The highest BCUT2D eigenvalue weighted by atomic mass is 16.4. The molecule has 0 spiro atoms. The maximum Gasteiger partial charge on any atom is 0.335 e. The lowest BCUT2D eigenvalue weighted by atomic mass is 10.1. The first-order valence-corrected chi connectivity index (χ1v) is 5.69. The molecule has 1 aromatic rings. The number of anilines is 1. The van der Waals surface area contributed by atoms with E-state index in [-0.39, 0.29) is 23.7 Å². The summed E-state index contributed by atoms with van der Waals surface area (Å²) in [6, 6.07) is 6.10. The van der Waals surface area contributed by atoms with Gasteiger partial charge in [-0.15, -0.1) is 0 Å². The number of carboxylic acid groups (broad SMARTS) is 1. The molecule has 6 heteroatoms. The summed E-state index contributed by atoms with van der Waals surface area (Å²) >= 11 is 0. The highest BCUT2D eigenvalue weighted by Gasteiger charge is 2.18. The van der Waals surface area contributed by atoms with Crippen LogP contribution in [0.25, 0.3) is 0 Å². The summed E-state index contributed by atoms with van der Waals surface area (Å²) in [4.78, 5) is 23.6. The predicted molar refractivity (Wildman–Crippen MR) is 69.8 cm³/mol. The van der Waals surface area contributed by atoms with Crippen molar-refractivity contribution in [1.82, 2.24) is 0 Å². The fourth-order valence-electron chi connectivity index (χ4n) is 1.72. The molecule has 3 N–H and O–H groups in total. The lowest BCUT2D eigenvalue weighted by Gasteiger charge is -2.28. The number of aromatic carboxylic acids is 1. The van der Waals surface area contributed by atoms with E-state index >= 15 is 0 Å². The Morgan fingerprint density at radius 2 is 2.11 bits per heavy atom. The Bertz CT molecular complexity index is 547. The van der Waals surface area contributed by atoms with Crippen molar-refractivity contribution in [3.63, 3.8) is 0 Å². The maximum absolute atomic E-state index is 11.1. The zero-order valence-electron chi connectivity index (χ0n) is 10.8. The van der Waals surface area contributed by atoms with Crippen molar-refractivity contribution in [2.45, 2.75) is 19.9 Å². The normalized spacial score (nSPS) is 10.0. The summed E-state index contributed by atoms with van der Waals surface area (Å²) in [6.07, 6.45) is 0. The molecule has 0 radical (unpaired) electrons. The van der Waals surface area contributed by atoms with Gasteiger partial charge in [0.25, 0.3) is 0 Å². The van der Waals surface area contributed by atoms with Gasteiger partial charge in [0.2, 0.25) is 5.91 Å². The van der Waals surface area contributed by atoms with Crippen LogP contribution in [0.5, 0.6) is 0 Å². The van der Waals surface area contributed by atoms with Crippen molar-refractivity contribution >= 4 is 17.6 Å². The van der Waals surface area contributed by atoms with E-state index < -0.39 is 11.9 Å². The van der Waals surface area contributed by atoms with Gasteiger partial charge in [0.1, 0.15) is 6.07 Å². The monoisotopic (exact) mass is 261 g/mol. The first kappa shape index (κ1) is 14.5. The predicted octanol–water partition coefficient (Wildman–Crippen LogP) is 0.957. The number of amides is 1. The van der Waals surface area contributed by atoms with Crippen molar-refractivity contribution in [3.05, 3.63) is 29.3 Å². The quantitative estimate of drug-likeness (QED) is 0.820. The van der Waals surface area contributed by atoms with Crippen LogP contribution in [0.15, 0.2) is 18.2 Å². The van der Waals surface area contributed by atoms with E-state index in [1.807, 2.05) is 19.9 Å². The average molecular weight is 261 g/mol. The molecule has 0 aliphatic heterocycles. The van der Waals surface area contributed by atoms with Crippen LogP contribution in [-0.4, -0.2) is 29.6 Å². The third-order valence-electron chi connectivity index (χ3n) is 2.62. The van der Waals surface area contributed by atoms with Crippen LogP contribution in [0.3, 0.4) is 0 Å². The second-order valence-corrected chi connectivity index (χ2v) is 4.34. The number of nitriles is 1. The zero-order valence-corrected chi connectivity index (χ0v) is 10.8. The smallest absolute Gasteiger partial charge is 0.335 e. The second kappa shape index (κ2) is 5.87. The SMILES string of the molecule is CC(C)N(CC(N)=O)c1ccc(C(=O)O)cc1C#N. The van der Waals surface area contributed by atoms with Crippen LogP contribution in [0.2, 0.25) is 0 Å². The van der Waals surface area contributed by atoms with Gasteiger partial charge in [-0.25, -0.2) is 4.79 Å². The minimum Gasteiger partial charge on any atom is -0.478 e. The van der Waals surface area contributed by atoms with Crippen LogP contribution in [0.4, 0.5) is 5.69 Å². The zero-order chi connectivity index (χ0) is 14.6. The third kappa shape index (κ3) is 3.45. The molecule has 0 bridgehead atoms. The Balaban J connectivity index is 3.27. The number of nitrogens with zero attached hydrogens (tertiary/aromatic N) is 2. The molecule has 0 aromatic heterocycles. The van der Waals surface area contributed by atoms with Gasteiger partial charge >= 0.3 is 5.97 Å². The number of carbonyl (C=O) groups is 2. The van der Waals surface area contributed by atoms with Crippen molar-refractivity contribution in [2.24, 2.45) is 5.73 Å². The van der Waals surface area contributed by atoms with Crippen LogP contribution >= 0.6 is 0 Å². The van der Waals surface area contributed by atoms with Gasteiger partial charge in [0.15, 0.2) is 0 Å². The number of carboxylic acids is 1.